The van der Waals surface area contributed by atoms with Crippen LogP contribution in [0.25, 0.3) is 11.4 Å². The number of nitrogens with one attached hydrogen (secondary N) is 2. The molecule has 112 valence electrons. The third-order valence-corrected chi connectivity index (χ3v) is 3.50. The molecule has 1 aromatic heterocycles. The van der Waals surface area contributed by atoms with Crippen LogP contribution < -0.4 is 10.2 Å². The average molecular weight is 293 g/mol. The second-order valence-corrected chi connectivity index (χ2v) is 5.48. The summed E-state index contributed by atoms with van der Waals surface area (Å²) in [6, 6.07) is 4.07. The second kappa shape index (κ2) is 5.40. The lowest BCUT2D eigenvalue weighted by Crippen LogP contribution is -2.54. The number of aromatic nitrogens is 3. The van der Waals surface area contributed by atoms with E-state index in [2.05, 4.69) is 34.3 Å². The van der Waals surface area contributed by atoms with E-state index in [1.807, 2.05) is 4.90 Å². The van der Waals surface area contributed by atoms with Gasteiger partial charge >= 0.3 is 0 Å². The van der Waals surface area contributed by atoms with Crippen molar-refractivity contribution < 1.29 is 8.78 Å². The summed E-state index contributed by atoms with van der Waals surface area (Å²) in [5.41, 5.74) is 0.214. The van der Waals surface area contributed by atoms with Gasteiger partial charge in [0, 0.05) is 31.2 Å². The van der Waals surface area contributed by atoms with Gasteiger partial charge in [0.15, 0.2) is 5.82 Å². The maximum absolute atomic E-state index is 13.8. The molecule has 1 aromatic carbocycles. The Labute approximate surface area is 121 Å². The van der Waals surface area contributed by atoms with Crippen molar-refractivity contribution in [1.29, 1.82) is 0 Å². The van der Waals surface area contributed by atoms with Crippen molar-refractivity contribution in [3.8, 4) is 11.4 Å². The molecule has 0 aliphatic carbocycles. The Morgan fingerprint density at radius 1 is 1.19 bits per heavy atom. The van der Waals surface area contributed by atoms with E-state index < -0.39 is 11.6 Å². The largest absolute Gasteiger partial charge is 0.336 e. The number of halogens is 2. The fourth-order valence-corrected chi connectivity index (χ4v) is 2.69. The average Bonchev–Trinajstić information content (AvgIpc) is 2.87. The van der Waals surface area contributed by atoms with Crippen LogP contribution in [0, 0.1) is 11.6 Å². The van der Waals surface area contributed by atoms with Crippen molar-refractivity contribution in [2.45, 2.75) is 25.9 Å². The Morgan fingerprint density at radius 3 is 2.57 bits per heavy atom. The first-order valence-electron chi connectivity index (χ1n) is 6.92. The summed E-state index contributed by atoms with van der Waals surface area (Å²) in [6.45, 7) is 5.76. The highest BCUT2D eigenvalue weighted by molar-refractivity contribution is 5.57. The molecule has 2 heterocycles. The predicted octanol–water partition coefficient (Wildman–Crippen LogP) is 1.94. The Morgan fingerprint density at radius 2 is 1.90 bits per heavy atom. The molecule has 0 bridgehead atoms. The number of piperazine rings is 1. The molecule has 2 N–H and O–H groups in total. The summed E-state index contributed by atoms with van der Waals surface area (Å²) in [7, 11) is 0. The number of aromatic amines is 1. The van der Waals surface area contributed by atoms with Crippen molar-refractivity contribution in [1.82, 2.24) is 20.5 Å². The smallest absolute Gasteiger partial charge is 0.245 e. The van der Waals surface area contributed by atoms with Gasteiger partial charge in [0.2, 0.25) is 5.95 Å². The van der Waals surface area contributed by atoms with E-state index >= 15 is 0 Å². The number of rotatable bonds is 2. The van der Waals surface area contributed by atoms with E-state index in [0.29, 0.717) is 23.9 Å². The van der Waals surface area contributed by atoms with E-state index in [0.717, 1.165) is 19.2 Å². The molecule has 2 unspecified atom stereocenters. The monoisotopic (exact) mass is 293 g/mol. The summed E-state index contributed by atoms with van der Waals surface area (Å²) < 4.78 is 26.7. The minimum Gasteiger partial charge on any atom is -0.336 e. The molecule has 0 amide bonds. The van der Waals surface area contributed by atoms with Gasteiger partial charge in [0.1, 0.15) is 11.6 Å². The van der Waals surface area contributed by atoms with Crippen LogP contribution in [-0.2, 0) is 0 Å². The van der Waals surface area contributed by atoms with E-state index in [-0.39, 0.29) is 5.56 Å². The lowest BCUT2D eigenvalue weighted by atomic mass is 10.1. The first-order chi connectivity index (χ1) is 10.0. The molecule has 1 saturated heterocycles. The first kappa shape index (κ1) is 13.9. The third kappa shape index (κ3) is 2.87. The molecule has 0 saturated carbocycles. The molecule has 1 aliphatic rings. The van der Waals surface area contributed by atoms with Crippen LogP contribution >= 0.6 is 0 Å². The number of nitrogens with zero attached hydrogens (tertiary/aromatic N) is 3. The van der Waals surface area contributed by atoms with Crippen molar-refractivity contribution >= 4 is 5.95 Å². The molecule has 3 rings (SSSR count). The van der Waals surface area contributed by atoms with E-state index in [1.165, 1.54) is 12.1 Å². The maximum atomic E-state index is 13.8. The molecule has 1 aliphatic heterocycles. The van der Waals surface area contributed by atoms with Crippen LogP contribution in [0.2, 0.25) is 0 Å². The molecule has 5 nitrogen and oxygen atoms in total. The quantitative estimate of drug-likeness (QED) is 0.888. The summed E-state index contributed by atoms with van der Waals surface area (Å²) >= 11 is 0. The Bertz CT molecular complexity index is 632. The number of anilines is 1. The van der Waals surface area contributed by atoms with Crippen LogP contribution in [0.15, 0.2) is 18.2 Å². The molecule has 21 heavy (non-hydrogen) atoms. The van der Waals surface area contributed by atoms with Gasteiger partial charge in [-0.3, -0.25) is 5.10 Å². The molecule has 7 heteroatoms. The minimum atomic E-state index is -0.653. The van der Waals surface area contributed by atoms with Crippen molar-refractivity contribution in [3.05, 3.63) is 29.8 Å². The molecular formula is C14H17F2N5. The normalized spacial score (nSPS) is 22.6. The molecule has 1 fully saturated rings. The van der Waals surface area contributed by atoms with E-state index in [9.17, 15) is 8.78 Å². The van der Waals surface area contributed by atoms with Crippen LogP contribution in [0.5, 0.6) is 0 Å². The number of hydrogen-bond donors (Lipinski definition) is 2. The van der Waals surface area contributed by atoms with Crippen LogP contribution in [-0.4, -0.2) is 40.4 Å². The Kier molecular flexibility index (Phi) is 3.59. The van der Waals surface area contributed by atoms with Gasteiger partial charge in [0.25, 0.3) is 0 Å². The Hall–Kier alpha value is -2.02. The summed E-state index contributed by atoms with van der Waals surface area (Å²) in [4.78, 5) is 6.38. The second-order valence-electron chi connectivity index (χ2n) is 5.48. The zero-order valence-corrected chi connectivity index (χ0v) is 11.9. The van der Waals surface area contributed by atoms with Gasteiger partial charge in [-0.05, 0) is 26.0 Å². The molecule has 0 radical (unpaired) electrons. The minimum absolute atomic E-state index is 0.214. The highest BCUT2D eigenvalue weighted by Crippen LogP contribution is 2.22. The van der Waals surface area contributed by atoms with Crippen molar-refractivity contribution in [2.24, 2.45) is 0 Å². The van der Waals surface area contributed by atoms with E-state index in [1.54, 1.807) is 0 Å². The topological polar surface area (TPSA) is 56.8 Å². The molecule has 2 aromatic rings. The highest BCUT2D eigenvalue weighted by Gasteiger charge is 2.24. The molecular weight excluding hydrogens is 276 g/mol. The SMILES string of the molecule is CC1CN(c2n[nH]c(-c3ccc(F)cc3F)n2)CC(C)N1. The van der Waals surface area contributed by atoms with Crippen LogP contribution in [0.4, 0.5) is 14.7 Å². The fraction of sp³-hybridized carbons (Fsp3) is 0.429. The third-order valence-electron chi connectivity index (χ3n) is 3.50. The van der Waals surface area contributed by atoms with Crippen LogP contribution in [0.3, 0.4) is 0 Å². The Balaban J connectivity index is 1.86. The maximum Gasteiger partial charge on any atom is 0.245 e. The highest BCUT2D eigenvalue weighted by atomic mass is 19.1. The van der Waals surface area contributed by atoms with Gasteiger partial charge in [-0.25, -0.2) is 8.78 Å². The molecule has 2 atom stereocenters. The first-order valence-corrected chi connectivity index (χ1v) is 6.92. The predicted molar refractivity (Wildman–Crippen MR) is 76.0 cm³/mol. The van der Waals surface area contributed by atoms with Gasteiger partial charge in [0.05, 0.1) is 5.56 Å². The lowest BCUT2D eigenvalue weighted by molar-refractivity contribution is 0.403. The zero-order valence-electron chi connectivity index (χ0n) is 11.9. The lowest BCUT2D eigenvalue weighted by Gasteiger charge is -2.35. The van der Waals surface area contributed by atoms with Crippen molar-refractivity contribution in [3.63, 3.8) is 0 Å². The van der Waals surface area contributed by atoms with Gasteiger partial charge in [-0.1, -0.05) is 0 Å². The number of H-pyrrole nitrogens is 1. The summed E-state index contributed by atoms with van der Waals surface area (Å²) in [6.07, 6.45) is 0. The molecule has 0 spiro atoms. The van der Waals surface area contributed by atoms with Gasteiger partial charge in [-0.15, -0.1) is 5.10 Å². The van der Waals surface area contributed by atoms with Crippen LogP contribution in [0.1, 0.15) is 13.8 Å². The summed E-state index contributed by atoms with van der Waals surface area (Å²) in [5.74, 6) is -0.421. The number of hydrogen-bond acceptors (Lipinski definition) is 4. The fourth-order valence-electron chi connectivity index (χ4n) is 2.69. The standard InChI is InChI=1S/C14H17F2N5/c1-8-6-21(7-9(2)17-8)14-18-13(19-20-14)11-4-3-10(15)5-12(11)16/h3-5,8-9,17H,6-7H2,1-2H3,(H,18,19,20). The van der Waals surface area contributed by atoms with Gasteiger partial charge < -0.3 is 10.2 Å². The number of benzene rings is 1. The summed E-state index contributed by atoms with van der Waals surface area (Å²) in [5, 5.41) is 10.3. The van der Waals surface area contributed by atoms with Crippen molar-refractivity contribution in [2.75, 3.05) is 18.0 Å². The van der Waals surface area contributed by atoms with Gasteiger partial charge in [-0.2, -0.15) is 4.98 Å². The van der Waals surface area contributed by atoms with E-state index in [4.69, 9.17) is 0 Å². The zero-order chi connectivity index (χ0) is 15.0.